The molecule has 0 atom stereocenters. The van der Waals surface area contributed by atoms with E-state index in [1.54, 1.807) is 6.07 Å². The van der Waals surface area contributed by atoms with Crippen molar-refractivity contribution in [2.75, 3.05) is 25.1 Å². The number of aromatic nitrogens is 1. The minimum Gasteiger partial charge on any atom is -0.395 e. The van der Waals surface area contributed by atoms with E-state index in [4.69, 9.17) is 10.9 Å². The molecule has 0 fully saturated rings. The van der Waals surface area contributed by atoms with E-state index in [0.717, 1.165) is 5.69 Å². The highest BCUT2D eigenvalue weighted by molar-refractivity contribution is 5.99. The van der Waals surface area contributed by atoms with Crippen LogP contribution in [0.15, 0.2) is 12.3 Å². The Kier molecular flexibility index (Phi) is 4.86. The monoisotopic (exact) mass is 238 g/mol. The second-order valence-electron chi connectivity index (χ2n) is 3.62. The lowest BCUT2D eigenvalue weighted by Crippen LogP contribution is -2.34. The Morgan fingerprint density at radius 1 is 1.65 bits per heavy atom. The number of aryl methyl sites for hydroxylation is 1. The van der Waals surface area contributed by atoms with Crippen LogP contribution >= 0.6 is 0 Å². The van der Waals surface area contributed by atoms with E-state index in [-0.39, 0.29) is 12.5 Å². The average Bonchev–Trinajstić information content (AvgIpc) is 2.34. The number of rotatable bonds is 5. The highest BCUT2D eigenvalue weighted by Gasteiger charge is 2.17. The van der Waals surface area contributed by atoms with Gasteiger partial charge >= 0.3 is 0 Å². The first-order valence-corrected chi connectivity index (χ1v) is 5.47. The van der Waals surface area contributed by atoms with Gasteiger partial charge in [0.05, 0.1) is 17.9 Å². The minimum atomic E-state index is -0.193. The maximum absolute atomic E-state index is 12.1. The number of likely N-dealkylation sites (N-methyl/N-ethyl adjacent to an activating group) is 1. The fourth-order valence-electron chi connectivity index (χ4n) is 1.54. The van der Waals surface area contributed by atoms with Crippen LogP contribution in [0.5, 0.6) is 0 Å². The van der Waals surface area contributed by atoms with E-state index in [0.29, 0.717) is 24.3 Å². The van der Waals surface area contributed by atoms with Crippen LogP contribution in [0.1, 0.15) is 23.0 Å². The van der Waals surface area contributed by atoms with E-state index in [1.165, 1.54) is 11.1 Å². The summed E-state index contributed by atoms with van der Waals surface area (Å²) < 4.78 is 0. The van der Waals surface area contributed by atoms with Gasteiger partial charge in [-0.2, -0.15) is 0 Å². The molecule has 1 heterocycles. The van der Waals surface area contributed by atoms with Crippen molar-refractivity contribution in [1.82, 2.24) is 9.88 Å². The van der Waals surface area contributed by atoms with Gasteiger partial charge in [0.15, 0.2) is 0 Å². The summed E-state index contributed by atoms with van der Waals surface area (Å²) in [5, 5.41) is 8.88. The van der Waals surface area contributed by atoms with Gasteiger partial charge < -0.3 is 15.4 Å². The Hall–Kier alpha value is -1.66. The summed E-state index contributed by atoms with van der Waals surface area (Å²) in [6.45, 7) is 4.43. The van der Waals surface area contributed by atoms with E-state index < -0.39 is 0 Å². The number of nitrogens with one attached hydrogen (secondary N) is 1. The lowest BCUT2D eigenvalue weighted by Gasteiger charge is -2.21. The molecular formula is C11H18N4O2. The highest BCUT2D eigenvalue weighted by atomic mass is 16.3. The van der Waals surface area contributed by atoms with Crippen LogP contribution < -0.4 is 11.3 Å². The molecule has 6 nitrogen and oxygen atoms in total. The topological polar surface area (TPSA) is 91.5 Å². The molecule has 0 bridgehead atoms. The van der Waals surface area contributed by atoms with Gasteiger partial charge in [-0.25, -0.2) is 0 Å². The van der Waals surface area contributed by atoms with Crippen LogP contribution in [-0.4, -0.2) is 40.6 Å². The molecule has 0 aliphatic heterocycles. The Morgan fingerprint density at radius 2 is 2.35 bits per heavy atom. The molecule has 94 valence electrons. The predicted molar refractivity (Wildman–Crippen MR) is 65.4 cm³/mol. The summed E-state index contributed by atoms with van der Waals surface area (Å²) in [7, 11) is 0. The van der Waals surface area contributed by atoms with Crippen LogP contribution in [0.4, 0.5) is 5.69 Å². The summed E-state index contributed by atoms with van der Waals surface area (Å²) in [4.78, 5) is 17.8. The van der Waals surface area contributed by atoms with Crippen LogP contribution in [0.3, 0.4) is 0 Å². The predicted octanol–water partition coefficient (Wildman–Crippen LogP) is 0.130. The number of nitrogens with two attached hydrogens (primary N) is 1. The molecule has 1 aromatic rings. The third-order valence-corrected chi connectivity index (χ3v) is 2.47. The summed E-state index contributed by atoms with van der Waals surface area (Å²) in [5.41, 5.74) is 4.22. The van der Waals surface area contributed by atoms with Gasteiger partial charge in [0.1, 0.15) is 0 Å². The molecule has 0 aliphatic carbocycles. The molecule has 0 aliphatic rings. The van der Waals surface area contributed by atoms with Crippen molar-refractivity contribution in [3.05, 3.63) is 23.5 Å². The Balaban J connectivity index is 3.02. The summed E-state index contributed by atoms with van der Waals surface area (Å²) in [6, 6.07) is 1.71. The molecule has 0 saturated carbocycles. The maximum Gasteiger partial charge on any atom is 0.257 e. The van der Waals surface area contributed by atoms with Crippen molar-refractivity contribution in [3.8, 4) is 0 Å². The van der Waals surface area contributed by atoms with Gasteiger partial charge in [0, 0.05) is 25.0 Å². The molecule has 6 heteroatoms. The average molecular weight is 238 g/mol. The molecule has 0 saturated heterocycles. The maximum atomic E-state index is 12.1. The summed E-state index contributed by atoms with van der Waals surface area (Å²) in [6.07, 6.45) is 1.49. The zero-order valence-electron chi connectivity index (χ0n) is 10.1. The Labute approximate surface area is 100 Å². The zero-order chi connectivity index (χ0) is 12.8. The van der Waals surface area contributed by atoms with Crippen molar-refractivity contribution in [1.29, 1.82) is 0 Å². The second-order valence-corrected chi connectivity index (χ2v) is 3.62. The van der Waals surface area contributed by atoms with E-state index in [2.05, 4.69) is 10.4 Å². The number of pyridine rings is 1. The fourth-order valence-corrected chi connectivity index (χ4v) is 1.54. The number of nitrogens with zero attached hydrogens (tertiary/aromatic N) is 2. The number of aliphatic hydroxyl groups excluding tert-OH is 1. The smallest absolute Gasteiger partial charge is 0.257 e. The molecule has 1 rings (SSSR count). The number of hydrogen-bond acceptors (Lipinski definition) is 5. The van der Waals surface area contributed by atoms with Gasteiger partial charge in [-0.1, -0.05) is 0 Å². The van der Waals surface area contributed by atoms with Gasteiger partial charge in [0.25, 0.3) is 5.91 Å². The second kappa shape index (κ2) is 6.17. The van der Waals surface area contributed by atoms with E-state index in [9.17, 15) is 4.79 Å². The van der Waals surface area contributed by atoms with Gasteiger partial charge in [-0.05, 0) is 19.9 Å². The SMILES string of the molecule is CCN(CCO)C(=O)c1cnc(C)cc1NN. The molecule has 17 heavy (non-hydrogen) atoms. The standard InChI is InChI=1S/C11H18N4O2/c1-3-15(4-5-16)11(17)9-7-13-8(2)6-10(9)14-12/h6-7,16H,3-5,12H2,1-2H3,(H,13,14). The van der Waals surface area contributed by atoms with Crippen molar-refractivity contribution in [2.45, 2.75) is 13.8 Å². The van der Waals surface area contributed by atoms with Crippen molar-refractivity contribution >= 4 is 11.6 Å². The molecule has 0 unspecified atom stereocenters. The van der Waals surface area contributed by atoms with Gasteiger partial charge in [-0.3, -0.25) is 15.6 Å². The van der Waals surface area contributed by atoms with E-state index in [1.807, 2.05) is 13.8 Å². The quantitative estimate of drug-likeness (QED) is 0.501. The summed E-state index contributed by atoms with van der Waals surface area (Å²) in [5.74, 6) is 5.18. The van der Waals surface area contributed by atoms with Crippen LogP contribution in [0, 0.1) is 6.92 Å². The van der Waals surface area contributed by atoms with Gasteiger partial charge in [0.2, 0.25) is 0 Å². The fraction of sp³-hybridized carbons (Fsp3) is 0.455. The van der Waals surface area contributed by atoms with Gasteiger partial charge in [-0.15, -0.1) is 0 Å². The Bertz CT molecular complexity index is 395. The molecule has 0 radical (unpaired) electrons. The Morgan fingerprint density at radius 3 is 2.88 bits per heavy atom. The number of anilines is 1. The molecule has 1 aromatic heterocycles. The third-order valence-electron chi connectivity index (χ3n) is 2.47. The normalized spacial score (nSPS) is 10.1. The third kappa shape index (κ3) is 3.15. The minimum absolute atomic E-state index is 0.0652. The number of amides is 1. The number of hydrogen-bond donors (Lipinski definition) is 3. The van der Waals surface area contributed by atoms with Crippen LogP contribution in [-0.2, 0) is 0 Å². The van der Waals surface area contributed by atoms with Crippen LogP contribution in [0.2, 0.25) is 0 Å². The molecule has 0 spiro atoms. The number of aliphatic hydroxyl groups is 1. The first-order valence-electron chi connectivity index (χ1n) is 5.47. The zero-order valence-corrected chi connectivity index (χ0v) is 10.1. The largest absolute Gasteiger partial charge is 0.395 e. The van der Waals surface area contributed by atoms with Crippen molar-refractivity contribution < 1.29 is 9.90 Å². The number of nitrogen functional groups attached to an aromatic ring is 1. The lowest BCUT2D eigenvalue weighted by molar-refractivity contribution is 0.0732. The molecule has 1 amide bonds. The number of carbonyl (C=O) groups excluding carboxylic acids is 1. The molecule has 0 aromatic carbocycles. The first kappa shape index (κ1) is 13.4. The number of hydrazine groups is 1. The molecule has 4 N–H and O–H groups in total. The number of carbonyl (C=O) groups is 1. The van der Waals surface area contributed by atoms with Crippen molar-refractivity contribution in [3.63, 3.8) is 0 Å². The van der Waals surface area contributed by atoms with Crippen LogP contribution in [0.25, 0.3) is 0 Å². The lowest BCUT2D eigenvalue weighted by atomic mass is 10.2. The van der Waals surface area contributed by atoms with Crippen molar-refractivity contribution in [2.24, 2.45) is 5.84 Å². The first-order chi connectivity index (χ1) is 8.13. The summed E-state index contributed by atoms with van der Waals surface area (Å²) >= 11 is 0. The van der Waals surface area contributed by atoms with E-state index >= 15 is 0 Å². The molecular weight excluding hydrogens is 220 g/mol. The highest BCUT2D eigenvalue weighted by Crippen LogP contribution is 2.16.